The number of hydrogen-bond donors (Lipinski definition) is 0. The smallest absolute Gasteiger partial charge is 0.291 e. The molecule has 0 spiro atoms. The molecule has 0 unspecified atom stereocenters. The summed E-state index contributed by atoms with van der Waals surface area (Å²) in [4.78, 5) is 0. The van der Waals surface area contributed by atoms with Crippen LogP contribution in [0.25, 0.3) is 0 Å². The predicted octanol–water partition coefficient (Wildman–Crippen LogP) is 5.05. The van der Waals surface area contributed by atoms with E-state index in [1.807, 2.05) is 0 Å². The largest absolute Gasteiger partial charge is 2.00 e. The first kappa shape index (κ1) is 20.0. The van der Waals surface area contributed by atoms with Gasteiger partial charge >= 0.3 is 19.5 Å². The fraction of sp³-hybridized carbons (Fsp3) is 0.333. The third-order valence-electron chi connectivity index (χ3n) is 3.78. The van der Waals surface area contributed by atoms with E-state index in [-0.39, 0.29) is 19.5 Å². The van der Waals surface area contributed by atoms with Gasteiger partial charge in [0, 0.05) is 11.6 Å². The summed E-state index contributed by atoms with van der Waals surface area (Å²) >= 11 is 0. The molecule has 21 heavy (non-hydrogen) atoms. The summed E-state index contributed by atoms with van der Waals surface area (Å²) in [6.07, 6.45) is 0. The number of hydrogen-bond acceptors (Lipinski definition) is 0. The van der Waals surface area contributed by atoms with Crippen LogP contribution in [0.5, 0.6) is 0 Å². The van der Waals surface area contributed by atoms with Crippen molar-refractivity contribution >= 4 is 0 Å². The van der Waals surface area contributed by atoms with Gasteiger partial charge in [0.15, 0.2) is 0 Å². The summed E-state index contributed by atoms with van der Waals surface area (Å²) in [5, 5.41) is 0. The molecule has 0 fully saturated rings. The van der Waals surface area contributed by atoms with Crippen LogP contribution in [0, 0.1) is 63.7 Å². The van der Waals surface area contributed by atoms with Gasteiger partial charge in [-0.25, -0.2) is 8.78 Å². The second-order valence-corrected chi connectivity index (χ2v) is 4.69. The van der Waals surface area contributed by atoms with Crippen LogP contribution >= 0.6 is 0 Å². The van der Waals surface area contributed by atoms with Gasteiger partial charge in [-0.05, 0) is 0 Å². The summed E-state index contributed by atoms with van der Waals surface area (Å²) in [6, 6.07) is 0. The molecule has 0 aromatic heterocycles. The Morgan fingerprint density at radius 1 is 0.714 bits per heavy atom. The number of halogens is 5. The van der Waals surface area contributed by atoms with E-state index in [1.54, 1.807) is 0 Å². The minimum absolute atomic E-state index is 0. The molecule has 0 saturated carbocycles. The van der Waals surface area contributed by atoms with Crippen molar-refractivity contribution < 1.29 is 41.4 Å². The van der Waals surface area contributed by atoms with E-state index in [1.165, 1.54) is 27.8 Å². The van der Waals surface area contributed by atoms with Crippen molar-refractivity contribution in [2.75, 3.05) is 0 Å². The van der Waals surface area contributed by atoms with Crippen molar-refractivity contribution in [1.29, 1.82) is 0 Å². The third kappa shape index (κ3) is 3.60. The topological polar surface area (TPSA) is 0 Å². The van der Waals surface area contributed by atoms with Gasteiger partial charge in [-0.2, -0.15) is 27.8 Å². The molecule has 0 radical (unpaired) electrons. The van der Waals surface area contributed by atoms with E-state index >= 15 is 0 Å². The zero-order chi connectivity index (χ0) is 15.8. The standard InChI is InChI=1S/C10H15.C5F5.Ru/c1-6-7(2)9(4)10(5)8(6)3;6-1-2(7)4(9)5(10)3(1)8;/h1-5H3;;/q2*-1;+2. The molecule has 2 rings (SSSR count). The molecule has 0 aliphatic carbocycles. The van der Waals surface area contributed by atoms with Crippen LogP contribution in [-0.2, 0) is 19.5 Å². The normalized spacial score (nSPS) is 10.0. The molecule has 2 aromatic rings. The second kappa shape index (κ2) is 7.30. The van der Waals surface area contributed by atoms with Crippen LogP contribution in [-0.4, -0.2) is 0 Å². The Balaban J connectivity index is 0.000000364. The van der Waals surface area contributed by atoms with Gasteiger partial charge in [-0.1, -0.05) is 34.6 Å². The Kier molecular flexibility index (Phi) is 6.94. The first-order chi connectivity index (χ1) is 9.11. The van der Waals surface area contributed by atoms with E-state index in [4.69, 9.17) is 0 Å². The van der Waals surface area contributed by atoms with Gasteiger partial charge in [0.05, 0.1) is 17.5 Å². The molecule has 0 saturated heterocycles. The van der Waals surface area contributed by atoms with Gasteiger partial charge < -0.3 is 0 Å². The molecule has 0 N–H and O–H groups in total. The van der Waals surface area contributed by atoms with Crippen LogP contribution in [0.15, 0.2) is 0 Å². The van der Waals surface area contributed by atoms with Gasteiger partial charge in [0.1, 0.15) is 0 Å². The molecule has 0 bridgehead atoms. The fourth-order valence-corrected chi connectivity index (χ4v) is 1.89. The molecular weight excluding hydrogens is 376 g/mol. The summed E-state index contributed by atoms with van der Waals surface area (Å²) in [7, 11) is 0. The van der Waals surface area contributed by atoms with E-state index < -0.39 is 29.1 Å². The predicted molar refractivity (Wildman–Crippen MR) is 67.5 cm³/mol. The Morgan fingerprint density at radius 2 is 1.00 bits per heavy atom. The Hall–Kier alpha value is -1.03. The van der Waals surface area contributed by atoms with Crippen LogP contribution in [0.2, 0.25) is 0 Å². The van der Waals surface area contributed by atoms with Crippen LogP contribution in [0.4, 0.5) is 22.0 Å². The monoisotopic (exact) mass is 392 g/mol. The summed E-state index contributed by atoms with van der Waals surface area (Å²) < 4.78 is 58.9. The maximum absolute atomic E-state index is 11.8. The maximum atomic E-state index is 11.8. The van der Waals surface area contributed by atoms with E-state index in [2.05, 4.69) is 34.6 Å². The molecule has 0 nitrogen and oxygen atoms in total. The van der Waals surface area contributed by atoms with Crippen molar-refractivity contribution in [2.24, 2.45) is 0 Å². The first-order valence-corrected chi connectivity index (χ1v) is 5.94. The van der Waals surface area contributed by atoms with Gasteiger partial charge in [0.2, 0.25) is 0 Å². The van der Waals surface area contributed by atoms with E-state index in [9.17, 15) is 22.0 Å². The molecule has 0 aliphatic rings. The van der Waals surface area contributed by atoms with Crippen molar-refractivity contribution in [2.45, 2.75) is 34.6 Å². The average molecular weight is 391 g/mol. The van der Waals surface area contributed by atoms with Crippen molar-refractivity contribution in [3.63, 3.8) is 0 Å². The molecule has 2 aromatic carbocycles. The van der Waals surface area contributed by atoms with Crippen LogP contribution < -0.4 is 0 Å². The Morgan fingerprint density at radius 3 is 1.10 bits per heavy atom. The van der Waals surface area contributed by atoms with Crippen molar-refractivity contribution in [1.82, 2.24) is 0 Å². The summed E-state index contributed by atoms with van der Waals surface area (Å²) in [6.45, 7) is 11.0. The SMILES string of the molecule is Cc1c(C)c(C)[c-](C)c1C.Fc1c(F)c(F)[c-](F)c1F.[Ru+2]. The van der Waals surface area contributed by atoms with Crippen LogP contribution in [0.3, 0.4) is 0 Å². The summed E-state index contributed by atoms with van der Waals surface area (Å²) in [5.74, 6) is -10.6. The molecule has 0 amide bonds. The Bertz CT molecular complexity index is 421. The van der Waals surface area contributed by atoms with Gasteiger partial charge in [-0.3, -0.25) is 13.2 Å². The molecule has 0 heterocycles. The van der Waals surface area contributed by atoms with Gasteiger partial charge in [0.25, 0.3) is 0 Å². The zero-order valence-electron chi connectivity index (χ0n) is 12.2. The van der Waals surface area contributed by atoms with Gasteiger partial charge in [-0.15, -0.1) is 0 Å². The number of rotatable bonds is 0. The van der Waals surface area contributed by atoms with Crippen LogP contribution in [0.1, 0.15) is 27.8 Å². The van der Waals surface area contributed by atoms with Crippen molar-refractivity contribution in [3.8, 4) is 0 Å². The minimum Gasteiger partial charge on any atom is -0.291 e. The molecular formula is C15H15F5Ru. The second-order valence-electron chi connectivity index (χ2n) is 4.69. The zero-order valence-corrected chi connectivity index (χ0v) is 14.0. The molecule has 6 heteroatoms. The molecule has 118 valence electrons. The third-order valence-corrected chi connectivity index (χ3v) is 3.78. The summed E-state index contributed by atoms with van der Waals surface area (Å²) in [5.41, 5.74) is 7.34. The van der Waals surface area contributed by atoms with E-state index in [0.29, 0.717) is 0 Å². The van der Waals surface area contributed by atoms with E-state index in [0.717, 1.165) is 0 Å². The Labute approximate surface area is 133 Å². The first-order valence-electron chi connectivity index (χ1n) is 5.94. The minimum atomic E-state index is -2.12. The molecule has 0 aliphatic heterocycles. The average Bonchev–Trinajstić information content (AvgIpc) is 2.71. The quantitative estimate of drug-likeness (QED) is 0.335. The molecule has 0 atom stereocenters. The van der Waals surface area contributed by atoms with Crippen molar-refractivity contribution in [3.05, 3.63) is 56.9 Å². The maximum Gasteiger partial charge on any atom is 2.00 e. The fourth-order valence-electron chi connectivity index (χ4n) is 1.89.